The first-order valence-electron chi connectivity index (χ1n) is 11.5. The Labute approximate surface area is 215 Å². The summed E-state index contributed by atoms with van der Waals surface area (Å²) in [6.45, 7) is 2.79. The molecule has 2 aromatic carbocycles. The number of nitriles is 1. The Hall–Kier alpha value is -3.34. The first-order valence-corrected chi connectivity index (χ1v) is 12.6. The minimum absolute atomic E-state index is 0.0353. The zero-order valence-corrected chi connectivity index (χ0v) is 21.4. The number of nitrogens with one attached hydrogen (secondary N) is 1. The molecule has 35 heavy (non-hydrogen) atoms. The van der Waals surface area contributed by atoms with Gasteiger partial charge in [-0.2, -0.15) is 5.26 Å². The van der Waals surface area contributed by atoms with Crippen molar-refractivity contribution >= 4 is 40.1 Å². The van der Waals surface area contributed by atoms with E-state index < -0.39 is 5.91 Å². The second-order valence-electron chi connectivity index (χ2n) is 7.88. The van der Waals surface area contributed by atoms with E-state index in [1.165, 1.54) is 30.3 Å². The molecule has 8 heteroatoms. The first kappa shape index (κ1) is 26.3. The first-order chi connectivity index (χ1) is 17.0. The summed E-state index contributed by atoms with van der Waals surface area (Å²) < 4.78 is 11.3. The number of hydrogen-bond acceptors (Lipinski definition) is 6. The van der Waals surface area contributed by atoms with Crippen molar-refractivity contribution in [2.45, 2.75) is 39.0 Å². The van der Waals surface area contributed by atoms with Crippen LogP contribution >= 0.6 is 22.9 Å². The number of unbranched alkanes of at least 4 members (excludes halogenated alkanes) is 3. The fourth-order valence-corrected chi connectivity index (χ4v) is 4.43. The molecule has 0 saturated heterocycles. The van der Waals surface area contributed by atoms with E-state index in [9.17, 15) is 10.1 Å². The van der Waals surface area contributed by atoms with E-state index in [-0.39, 0.29) is 5.57 Å². The van der Waals surface area contributed by atoms with Gasteiger partial charge in [0.05, 0.1) is 13.7 Å². The number of thiazole rings is 1. The lowest BCUT2D eigenvalue weighted by Crippen LogP contribution is -2.13. The molecule has 0 unspecified atom stereocenters. The Kier molecular flexibility index (Phi) is 10.1. The highest BCUT2D eigenvalue weighted by atomic mass is 35.5. The lowest BCUT2D eigenvalue weighted by atomic mass is 10.1. The molecule has 0 atom stereocenters. The van der Waals surface area contributed by atoms with Gasteiger partial charge in [-0.25, -0.2) is 4.98 Å². The molecule has 1 N–H and O–H groups in total. The summed E-state index contributed by atoms with van der Waals surface area (Å²) >= 11 is 7.41. The van der Waals surface area contributed by atoms with E-state index in [2.05, 4.69) is 17.2 Å². The molecular weight excluding hydrogens is 482 g/mol. The van der Waals surface area contributed by atoms with Crippen LogP contribution < -0.4 is 14.8 Å². The quantitative estimate of drug-likeness (QED) is 0.163. The van der Waals surface area contributed by atoms with Gasteiger partial charge < -0.3 is 9.47 Å². The maximum absolute atomic E-state index is 12.7. The molecule has 182 valence electrons. The molecule has 0 aliphatic carbocycles. The van der Waals surface area contributed by atoms with Gasteiger partial charge in [-0.1, -0.05) is 56.0 Å². The Morgan fingerprint density at radius 2 is 2.06 bits per heavy atom. The number of hydrogen-bond donors (Lipinski definition) is 1. The molecule has 3 aromatic rings. The molecule has 0 bridgehead atoms. The highest BCUT2D eigenvalue weighted by molar-refractivity contribution is 7.15. The van der Waals surface area contributed by atoms with E-state index >= 15 is 0 Å². The second kappa shape index (κ2) is 13.5. The third-order valence-electron chi connectivity index (χ3n) is 5.16. The molecule has 0 spiro atoms. The number of methoxy groups -OCH3 is 1. The molecule has 1 amide bonds. The van der Waals surface area contributed by atoms with Crippen LogP contribution in [0.4, 0.5) is 5.13 Å². The average Bonchev–Trinajstić information content (AvgIpc) is 3.29. The highest BCUT2D eigenvalue weighted by Crippen LogP contribution is 2.29. The highest BCUT2D eigenvalue weighted by Gasteiger charge is 2.13. The molecule has 0 aliphatic heterocycles. The number of rotatable bonds is 12. The summed E-state index contributed by atoms with van der Waals surface area (Å²) in [6, 6.07) is 14.9. The topological polar surface area (TPSA) is 84.2 Å². The number of nitrogens with zero attached hydrogens (tertiary/aromatic N) is 2. The summed E-state index contributed by atoms with van der Waals surface area (Å²) in [7, 11) is 1.56. The monoisotopic (exact) mass is 509 g/mol. The SMILES string of the molecule is CCCCCCOc1ccc(C=C(C#N)C(=O)Nc2ncc(Cc3cccc(Cl)c3)s2)cc1OC. The van der Waals surface area contributed by atoms with Crippen LogP contribution in [0.2, 0.25) is 5.02 Å². The maximum atomic E-state index is 12.7. The van der Waals surface area contributed by atoms with Gasteiger partial charge in [0.15, 0.2) is 16.6 Å². The van der Waals surface area contributed by atoms with Crippen LogP contribution in [0.25, 0.3) is 6.08 Å². The zero-order valence-electron chi connectivity index (χ0n) is 19.8. The standard InChI is InChI=1S/C27H28ClN3O3S/c1-3-4-5-6-12-34-24-11-10-20(16-25(24)33-2)13-21(17-29)26(32)31-27-30-18-23(35-27)15-19-8-7-9-22(28)14-19/h7-11,13-14,16,18H,3-6,12,15H2,1-2H3,(H,30,31,32). The molecule has 6 nitrogen and oxygen atoms in total. The van der Waals surface area contributed by atoms with Crippen LogP contribution in [0.3, 0.4) is 0 Å². The van der Waals surface area contributed by atoms with Crippen LogP contribution in [0.15, 0.2) is 54.2 Å². The smallest absolute Gasteiger partial charge is 0.268 e. The summed E-state index contributed by atoms with van der Waals surface area (Å²) in [5.41, 5.74) is 1.68. The number of carbonyl (C=O) groups is 1. The van der Waals surface area contributed by atoms with Gasteiger partial charge in [0, 0.05) is 22.5 Å². The van der Waals surface area contributed by atoms with Gasteiger partial charge in [0.25, 0.3) is 5.91 Å². The van der Waals surface area contributed by atoms with Crippen molar-refractivity contribution in [3.8, 4) is 17.6 Å². The van der Waals surface area contributed by atoms with Gasteiger partial charge in [-0.15, -0.1) is 11.3 Å². The molecule has 0 fully saturated rings. The largest absolute Gasteiger partial charge is 0.493 e. The average molecular weight is 510 g/mol. The number of halogens is 1. The Morgan fingerprint density at radius 1 is 1.20 bits per heavy atom. The van der Waals surface area contributed by atoms with Crippen LogP contribution in [-0.4, -0.2) is 24.6 Å². The third-order valence-corrected chi connectivity index (χ3v) is 6.31. The lowest BCUT2D eigenvalue weighted by molar-refractivity contribution is -0.112. The second-order valence-corrected chi connectivity index (χ2v) is 9.43. The zero-order chi connectivity index (χ0) is 25.0. The molecule has 1 aromatic heterocycles. The van der Waals surface area contributed by atoms with Gasteiger partial charge in [-0.3, -0.25) is 10.1 Å². The molecule has 1 heterocycles. The molecular formula is C27H28ClN3O3S. The molecule has 0 radical (unpaired) electrons. The fraction of sp³-hybridized carbons (Fsp3) is 0.296. The van der Waals surface area contributed by atoms with Crippen molar-refractivity contribution in [2.24, 2.45) is 0 Å². The van der Waals surface area contributed by atoms with E-state index in [0.29, 0.717) is 40.2 Å². The predicted molar refractivity (Wildman–Crippen MR) is 141 cm³/mol. The van der Waals surface area contributed by atoms with E-state index in [1.807, 2.05) is 30.3 Å². The Balaban J connectivity index is 1.64. The summed E-state index contributed by atoms with van der Waals surface area (Å²) in [5.74, 6) is 0.669. The van der Waals surface area contributed by atoms with Crippen LogP contribution in [0.5, 0.6) is 11.5 Å². The fourth-order valence-electron chi connectivity index (χ4n) is 3.38. The van der Waals surface area contributed by atoms with Gasteiger partial charge in [0.1, 0.15) is 11.6 Å². The minimum atomic E-state index is -0.522. The molecule has 3 rings (SSSR count). The minimum Gasteiger partial charge on any atom is -0.493 e. The summed E-state index contributed by atoms with van der Waals surface area (Å²) in [5, 5.41) is 13.4. The number of anilines is 1. The molecule has 0 aliphatic rings. The summed E-state index contributed by atoms with van der Waals surface area (Å²) in [4.78, 5) is 17.9. The Morgan fingerprint density at radius 3 is 2.80 bits per heavy atom. The van der Waals surface area contributed by atoms with Crippen molar-refractivity contribution in [1.29, 1.82) is 5.26 Å². The number of benzene rings is 2. The number of aromatic nitrogens is 1. The number of amides is 1. The lowest BCUT2D eigenvalue weighted by Gasteiger charge is -2.11. The van der Waals surface area contributed by atoms with Crippen molar-refractivity contribution in [3.63, 3.8) is 0 Å². The predicted octanol–water partition coefficient (Wildman–Crippen LogP) is 6.90. The summed E-state index contributed by atoms with van der Waals surface area (Å²) in [6.07, 6.45) is 8.35. The Bertz CT molecular complexity index is 1220. The van der Waals surface area contributed by atoms with Crippen LogP contribution in [0.1, 0.15) is 48.6 Å². The van der Waals surface area contributed by atoms with Crippen LogP contribution in [-0.2, 0) is 11.2 Å². The maximum Gasteiger partial charge on any atom is 0.268 e. The third kappa shape index (κ3) is 8.13. The van der Waals surface area contributed by atoms with Gasteiger partial charge in [-0.05, 0) is 47.9 Å². The van der Waals surface area contributed by atoms with Gasteiger partial charge >= 0.3 is 0 Å². The van der Waals surface area contributed by atoms with Crippen molar-refractivity contribution in [3.05, 3.63) is 75.3 Å². The van der Waals surface area contributed by atoms with Crippen LogP contribution in [0, 0.1) is 11.3 Å². The van der Waals surface area contributed by atoms with Gasteiger partial charge in [0.2, 0.25) is 0 Å². The van der Waals surface area contributed by atoms with E-state index in [4.69, 9.17) is 21.1 Å². The van der Waals surface area contributed by atoms with Crippen molar-refractivity contribution in [1.82, 2.24) is 4.98 Å². The number of ether oxygens (including phenoxy) is 2. The van der Waals surface area contributed by atoms with E-state index in [0.717, 1.165) is 23.3 Å². The van der Waals surface area contributed by atoms with Crippen molar-refractivity contribution in [2.75, 3.05) is 19.0 Å². The molecule has 0 saturated carbocycles. The van der Waals surface area contributed by atoms with Crippen molar-refractivity contribution < 1.29 is 14.3 Å². The normalized spacial score (nSPS) is 11.1. The van der Waals surface area contributed by atoms with E-state index in [1.54, 1.807) is 31.5 Å². The number of carbonyl (C=O) groups excluding carboxylic acids is 1.